The minimum absolute atomic E-state index is 0.213. The largest absolute Gasteiger partial charge is 0.291 e. The van der Waals surface area contributed by atoms with E-state index < -0.39 is 0 Å². The van der Waals surface area contributed by atoms with Gasteiger partial charge in [-0.15, -0.1) is 0 Å². The smallest absolute Gasteiger partial charge is 0.166 e. The summed E-state index contributed by atoms with van der Waals surface area (Å²) in [5, 5.41) is 0. The van der Waals surface area contributed by atoms with Gasteiger partial charge in [-0.2, -0.15) is 0 Å². The average molecular weight is 937 g/mol. The Kier molecular flexibility index (Phi) is 13.9. The fraction of sp³-hybridized carbons (Fsp3) is 0.452. The summed E-state index contributed by atoms with van der Waals surface area (Å²) in [7, 11) is 0. The van der Waals surface area contributed by atoms with E-state index in [1.807, 2.05) is 0 Å². The molecule has 0 amide bonds. The van der Waals surface area contributed by atoms with Crippen molar-refractivity contribution in [3.63, 3.8) is 0 Å². The Labute approximate surface area is 421 Å². The number of fused-ring (bicyclic) bond motifs is 2. The molecule has 0 fully saturated rings. The van der Waals surface area contributed by atoms with Crippen molar-refractivity contribution in [2.24, 2.45) is 0 Å². The maximum atomic E-state index is 5.34. The lowest BCUT2D eigenvalue weighted by Gasteiger charge is -2.35. The molecule has 70 heavy (non-hydrogen) atoms. The van der Waals surface area contributed by atoms with Crippen molar-refractivity contribution in [3.8, 4) is 0 Å². The van der Waals surface area contributed by atoms with E-state index in [-0.39, 0.29) is 47.3 Å². The van der Waals surface area contributed by atoms with E-state index in [1.165, 1.54) is 22.3 Å². The van der Waals surface area contributed by atoms with Gasteiger partial charge >= 0.3 is 0 Å². The standard InChI is InChI=1S/C62H80N8/c1-33(2)49-25-45(26-50(63-49)34(3)4)67-57-21-41(17)42(18)22-58(57)68(46-27-51(35(5)6)64-52(28-46)36(7)8)61(67)62-69(47-29-53(37(9)10)65-54(30-47)38(11)12)59-23-43(19)44(20)24-60(59)70(62)48-31-55(39(13)14)66-56(32-48)40(15)16/h21-40H,1-20H3. The highest BCUT2D eigenvalue weighted by Crippen LogP contribution is 2.59. The molecule has 0 spiro atoms. The number of pyridine rings is 4. The van der Waals surface area contributed by atoms with Crippen LogP contribution in [0, 0.1) is 27.7 Å². The first-order valence-electron chi connectivity index (χ1n) is 26.2. The van der Waals surface area contributed by atoms with E-state index in [9.17, 15) is 0 Å². The first kappa shape index (κ1) is 50.4. The molecule has 2 aromatic carbocycles. The number of aryl methyl sites for hydroxylation is 4. The summed E-state index contributed by atoms with van der Waals surface area (Å²) in [5.41, 5.74) is 22.4. The van der Waals surface area contributed by atoms with E-state index in [0.717, 1.165) is 103 Å². The molecule has 6 aromatic rings. The molecule has 8 heteroatoms. The van der Waals surface area contributed by atoms with Crippen LogP contribution in [0.4, 0.5) is 45.5 Å². The van der Waals surface area contributed by atoms with Gasteiger partial charge in [0, 0.05) is 45.6 Å². The monoisotopic (exact) mass is 937 g/mol. The summed E-state index contributed by atoms with van der Waals surface area (Å²) in [6, 6.07) is 28.4. The van der Waals surface area contributed by atoms with Crippen LogP contribution in [0.3, 0.4) is 0 Å². The SMILES string of the molecule is Cc1cc2c(cc1C)N(c1cc(C(C)C)nc(C(C)C)c1)C(=C1N(c3cc(C(C)C)nc(C(C)C)c3)c3cc(C)c(C)cc3N1c1cc(C(C)C)nc(C(C)C)c1)N2c1cc(C(C)C)nc(C(C)C)c1. The highest BCUT2D eigenvalue weighted by Gasteiger charge is 2.46. The van der Waals surface area contributed by atoms with Gasteiger partial charge in [0.15, 0.2) is 11.6 Å². The van der Waals surface area contributed by atoms with Crippen LogP contribution < -0.4 is 19.6 Å². The molecule has 0 saturated heterocycles. The molecular formula is C62H80N8. The predicted octanol–water partition coefficient (Wildman–Crippen LogP) is 17.9. The van der Waals surface area contributed by atoms with Crippen LogP contribution in [0.1, 0.15) is 226 Å². The van der Waals surface area contributed by atoms with Crippen LogP contribution in [0.2, 0.25) is 0 Å². The predicted molar refractivity (Wildman–Crippen MR) is 297 cm³/mol. The van der Waals surface area contributed by atoms with Crippen molar-refractivity contribution in [1.29, 1.82) is 0 Å². The molecule has 0 unspecified atom stereocenters. The number of anilines is 8. The van der Waals surface area contributed by atoms with Gasteiger partial charge in [-0.1, -0.05) is 111 Å². The highest BCUT2D eigenvalue weighted by molar-refractivity contribution is 6.01. The minimum atomic E-state index is 0.213. The summed E-state index contributed by atoms with van der Waals surface area (Å²) in [6.07, 6.45) is 0. The molecule has 368 valence electrons. The molecule has 6 heterocycles. The van der Waals surface area contributed by atoms with Crippen molar-refractivity contribution in [3.05, 3.63) is 152 Å². The number of nitrogens with zero attached hydrogens (tertiary/aromatic N) is 8. The van der Waals surface area contributed by atoms with Crippen molar-refractivity contribution in [1.82, 2.24) is 19.9 Å². The molecule has 0 N–H and O–H groups in total. The first-order valence-corrected chi connectivity index (χ1v) is 26.2. The van der Waals surface area contributed by atoms with Crippen LogP contribution in [-0.2, 0) is 0 Å². The Balaban J connectivity index is 1.68. The van der Waals surface area contributed by atoms with Gasteiger partial charge in [0.1, 0.15) is 0 Å². The molecule has 4 aromatic heterocycles. The number of benzene rings is 2. The van der Waals surface area contributed by atoms with Crippen LogP contribution in [-0.4, -0.2) is 19.9 Å². The fourth-order valence-electron chi connectivity index (χ4n) is 9.51. The molecule has 0 bridgehead atoms. The molecule has 2 aliphatic rings. The van der Waals surface area contributed by atoms with Gasteiger partial charge in [-0.05, 0) is 170 Å². The summed E-state index contributed by atoms with van der Waals surface area (Å²) in [5.74, 6) is 3.76. The zero-order chi connectivity index (χ0) is 50.9. The van der Waals surface area contributed by atoms with Gasteiger partial charge in [-0.25, -0.2) is 0 Å². The molecule has 8 nitrogen and oxygen atoms in total. The number of hydrogen-bond donors (Lipinski definition) is 0. The molecule has 2 aliphatic heterocycles. The Hall–Kier alpha value is -6.02. The van der Waals surface area contributed by atoms with Crippen LogP contribution >= 0.6 is 0 Å². The zero-order valence-electron chi connectivity index (χ0n) is 46.1. The Morgan fingerprint density at radius 1 is 0.243 bits per heavy atom. The van der Waals surface area contributed by atoms with Crippen LogP contribution in [0.15, 0.2) is 84.4 Å². The summed E-state index contributed by atoms with van der Waals surface area (Å²) in [4.78, 5) is 31.6. The summed E-state index contributed by atoms with van der Waals surface area (Å²) < 4.78 is 0. The lowest BCUT2D eigenvalue weighted by atomic mass is 10.0. The highest BCUT2D eigenvalue weighted by atomic mass is 15.5. The second-order valence-electron chi connectivity index (χ2n) is 22.8. The Bertz CT molecular complexity index is 2480. The number of hydrogen-bond acceptors (Lipinski definition) is 8. The average Bonchev–Trinajstić information content (AvgIpc) is 3.79. The van der Waals surface area contributed by atoms with Gasteiger partial charge in [0.25, 0.3) is 0 Å². The zero-order valence-corrected chi connectivity index (χ0v) is 46.1. The molecular weight excluding hydrogens is 857 g/mol. The number of rotatable bonds is 12. The van der Waals surface area contributed by atoms with Crippen LogP contribution in [0.25, 0.3) is 0 Å². The topological polar surface area (TPSA) is 64.5 Å². The van der Waals surface area contributed by atoms with E-state index in [2.05, 4.69) is 231 Å². The maximum Gasteiger partial charge on any atom is 0.166 e. The quantitative estimate of drug-likeness (QED) is 0.120. The van der Waals surface area contributed by atoms with Gasteiger partial charge in [0.05, 0.1) is 45.5 Å². The normalized spacial score (nSPS) is 14.0. The second-order valence-corrected chi connectivity index (χ2v) is 22.8. The molecule has 0 radical (unpaired) electrons. The van der Waals surface area contributed by atoms with E-state index in [1.54, 1.807) is 0 Å². The van der Waals surface area contributed by atoms with Crippen molar-refractivity contribution >= 4 is 45.5 Å². The van der Waals surface area contributed by atoms with E-state index in [4.69, 9.17) is 19.9 Å². The van der Waals surface area contributed by atoms with E-state index in [0.29, 0.717) is 0 Å². The lowest BCUT2D eigenvalue weighted by molar-refractivity contribution is 0.761. The third kappa shape index (κ3) is 9.23. The minimum Gasteiger partial charge on any atom is -0.291 e. The van der Waals surface area contributed by atoms with Crippen molar-refractivity contribution < 1.29 is 0 Å². The third-order valence-corrected chi connectivity index (χ3v) is 14.4. The van der Waals surface area contributed by atoms with Crippen molar-refractivity contribution in [2.45, 2.75) is 186 Å². The van der Waals surface area contributed by atoms with Crippen LogP contribution in [0.5, 0.6) is 0 Å². The lowest BCUT2D eigenvalue weighted by Crippen LogP contribution is -2.34. The van der Waals surface area contributed by atoms with Gasteiger partial charge in [-0.3, -0.25) is 39.5 Å². The fourth-order valence-corrected chi connectivity index (χ4v) is 9.51. The van der Waals surface area contributed by atoms with E-state index >= 15 is 0 Å². The van der Waals surface area contributed by atoms with Crippen molar-refractivity contribution in [2.75, 3.05) is 19.6 Å². The molecule has 0 aliphatic carbocycles. The number of aromatic nitrogens is 4. The summed E-state index contributed by atoms with van der Waals surface area (Å²) >= 11 is 0. The van der Waals surface area contributed by atoms with Gasteiger partial charge in [0.2, 0.25) is 0 Å². The molecule has 8 rings (SSSR count). The summed E-state index contributed by atoms with van der Waals surface area (Å²) in [6.45, 7) is 45.2. The molecule has 0 saturated carbocycles. The maximum absolute atomic E-state index is 5.34. The second kappa shape index (κ2) is 19.3. The Morgan fingerprint density at radius 2 is 0.386 bits per heavy atom. The van der Waals surface area contributed by atoms with Gasteiger partial charge < -0.3 is 0 Å². The first-order chi connectivity index (χ1) is 32.9. The third-order valence-electron chi connectivity index (χ3n) is 14.4. The molecule has 0 atom stereocenters. The Morgan fingerprint density at radius 3 is 0.514 bits per heavy atom.